The van der Waals surface area contributed by atoms with Crippen LogP contribution in [0.1, 0.15) is 22.7 Å². The fraction of sp³-hybridized carbons (Fsp3) is 0.474. The van der Waals surface area contributed by atoms with E-state index in [2.05, 4.69) is 56.7 Å². The Bertz CT molecular complexity index is 807. The molecule has 0 saturated carbocycles. The summed E-state index contributed by atoms with van der Waals surface area (Å²) in [5.74, 6) is 0.656. The van der Waals surface area contributed by atoms with E-state index in [0.717, 1.165) is 36.2 Å². The highest BCUT2D eigenvalue weighted by molar-refractivity contribution is 14.0. The van der Waals surface area contributed by atoms with Crippen molar-refractivity contribution in [2.75, 3.05) is 31.6 Å². The van der Waals surface area contributed by atoms with Crippen LogP contribution in [-0.4, -0.2) is 43.7 Å². The maximum absolute atomic E-state index is 12.6. The number of alkyl halides is 3. The molecule has 5 nitrogen and oxygen atoms in total. The van der Waals surface area contributed by atoms with Gasteiger partial charge in [0.2, 0.25) is 0 Å². The summed E-state index contributed by atoms with van der Waals surface area (Å²) in [7, 11) is 1.69. The van der Waals surface area contributed by atoms with Crippen molar-refractivity contribution in [2.45, 2.75) is 32.0 Å². The third-order valence-electron chi connectivity index (χ3n) is 4.63. The minimum absolute atomic E-state index is 0. The summed E-state index contributed by atoms with van der Waals surface area (Å²) in [6.45, 7) is 4.39. The number of hydrogen-bond acceptors (Lipinski definition) is 4. The topological polar surface area (TPSA) is 52.6 Å². The highest BCUT2D eigenvalue weighted by Gasteiger charge is 2.33. The van der Waals surface area contributed by atoms with Gasteiger partial charge >= 0.3 is 6.18 Å². The SMILES string of the molecule is CN=C(NCCc1nc(C(F)(F)F)cs1)NC1CCN(c2ccc(C)cc2)C1.I. The number of aliphatic imine (C=N–C) groups is 1. The molecule has 1 aromatic heterocycles. The summed E-state index contributed by atoms with van der Waals surface area (Å²) in [6, 6.07) is 8.75. The number of aryl methyl sites for hydroxylation is 1. The molecular formula is C19H25F3IN5S. The van der Waals surface area contributed by atoms with Crippen molar-refractivity contribution in [1.82, 2.24) is 15.6 Å². The molecule has 0 amide bonds. The van der Waals surface area contributed by atoms with E-state index in [-0.39, 0.29) is 30.0 Å². The first-order chi connectivity index (χ1) is 13.3. The second kappa shape index (κ2) is 10.5. The van der Waals surface area contributed by atoms with Gasteiger partial charge in [-0.3, -0.25) is 4.99 Å². The maximum Gasteiger partial charge on any atom is 0.434 e. The van der Waals surface area contributed by atoms with Crippen LogP contribution in [0.5, 0.6) is 0 Å². The van der Waals surface area contributed by atoms with Crippen molar-refractivity contribution in [3.8, 4) is 0 Å². The van der Waals surface area contributed by atoms with Crippen molar-refractivity contribution < 1.29 is 13.2 Å². The third-order valence-corrected chi connectivity index (χ3v) is 5.53. The van der Waals surface area contributed by atoms with Gasteiger partial charge in [0, 0.05) is 50.2 Å². The molecule has 0 aliphatic carbocycles. The van der Waals surface area contributed by atoms with Crippen LogP contribution in [0.15, 0.2) is 34.6 Å². The molecule has 1 atom stereocenters. The number of guanidine groups is 1. The average molecular weight is 539 g/mol. The highest BCUT2D eigenvalue weighted by atomic mass is 127. The second-order valence-electron chi connectivity index (χ2n) is 6.78. The van der Waals surface area contributed by atoms with Gasteiger partial charge in [-0.1, -0.05) is 17.7 Å². The van der Waals surface area contributed by atoms with Gasteiger partial charge in [-0.15, -0.1) is 35.3 Å². The van der Waals surface area contributed by atoms with Crippen LogP contribution in [0.25, 0.3) is 0 Å². The van der Waals surface area contributed by atoms with Crippen LogP contribution in [0, 0.1) is 6.92 Å². The molecule has 1 fully saturated rings. The number of nitrogens with zero attached hydrogens (tertiary/aromatic N) is 3. The molecule has 0 spiro atoms. The summed E-state index contributed by atoms with van der Waals surface area (Å²) in [5.41, 5.74) is 1.63. The zero-order valence-electron chi connectivity index (χ0n) is 16.3. The van der Waals surface area contributed by atoms with Gasteiger partial charge in [0.25, 0.3) is 0 Å². The Labute approximate surface area is 189 Å². The number of hydrogen-bond donors (Lipinski definition) is 2. The Balaban J connectivity index is 0.00000300. The van der Waals surface area contributed by atoms with Gasteiger partial charge in [0.05, 0.1) is 5.01 Å². The standard InChI is InChI=1S/C19H24F3N5S.HI/c1-13-3-5-15(6-4-13)27-10-8-14(11-27)25-18(23-2)24-9-7-17-26-16(12-28-17)19(20,21)22;/h3-6,12,14H,7-11H2,1-2H3,(H2,23,24,25);1H. The van der Waals surface area contributed by atoms with Crippen LogP contribution in [-0.2, 0) is 12.6 Å². The minimum Gasteiger partial charge on any atom is -0.369 e. The Hall–Kier alpha value is -1.56. The molecule has 10 heteroatoms. The van der Waals surface area contributed by atoms with E-state index in [0.29, 0.717) is 23.9 Å². The van der Waals surface area contributed by atoms with E-state index in [9.17, 15) is 13.2 Å². The summed E-state index contributed by atoms with van der Waals surface area (Å²) in [6.07, 6.45) is -2.97. The van der Waals surface area contributed by atoms with E-state index in [1.54, 1.807) is 7.05 Å². The molecule has 29 heavy (non-hydrogen) atoms. The first-order valence-electron chi connectivity index (χ1n) is 9.15. The molecule has 2 N–H and O–H groups in total. The van der Waals surface area contributed by atoms with E-state index < -0.39 is 11.9 Å². The van der Waals surface area contributed by atoms with E-state index >= 15 is 0 Å². The third kappa shape index (κ3) is 6.73. The van der Waals surface area contributed by atoms with Crippen LogP contribution in [0.4, 0.5) is 18.9 Å². The van der Waals surface area contributed by atoms with Gasteiger partial charge < -0.3 is 15.5 Å². The molecule has 3 rings (SSSR count). The molecule has 1 saturated heterocycles. The molecule has 1 aliphatic rings. The first-order valence-corrected chi connectivity index (χ1v) is 10.0. The number of anilines is 1. The zero-order valence-corrected chi connectivity index (χ0v) is 19.4. The van der Waals surface area contributed by atoms with Gasteiger partial charge in [0.15, 0.2) is 11.7 Å². The maximum atomic E-state index is 12.6. The summed E-state index contributed by atoms with van der Waals surface area (Å²) >= 11 is 1.03. The van der Waals surface area contributed by atoms with E-state index in [1.165, 1.54) is 11.3 Å². The number of rotatable bonds is 5. The summed E-state index contributed by atoms with van der Waals surface area (Å²) in [5, 5.41) is 8.07. The normalized spacial score (nSPS) is 17.2. The first kappa shape index (κ1) is 23.7. The van der Waals surface area contributed by atoms with E-state index in [1.807, 2.05) is 0 Å². The van der Waals surface area contributed by atoms with E-state index in [4.69, 9.17) is 0 Å². The monoisotopic (exact) mass is 539 g/mol. The summed E-state index contributed by atoms with van der Waals surface area (Å²) < 4.78 is 37.8. The van der Waals surface area contributed by atoms with Crippen LogP contribution >= 0.6 is 35.3 Å². The number of nitrogens with one attached hydrogen (secondary N) is 2. The number of benzene rings is 1. The summed E-state index contributed by atoms with van der Waals surface area (Å²) in [4.78, 5) is 10.2. The number of thiazole rings is 1. The van der Waals surface area contributed by atoms with Gasteiger partial charge in [-0.05, 0) is 25.5 Å². The molecule has 2 heterocycles. The number of halogens is 4. The molecule has 1 aliphatic heterocycles. The Morgan fingerprint density at radius 1 is 1.31 bits per heavy atom. The molecule has 0 radical (unpaired) electrons. The smallest absolute Gasteiger partial charge is 0.369 e. The van der Waals surface area contributed by atoms with Crippen molar-refractivity contribution in [3.63, 3.8) is 0 Å². The van der Waals surface area contributed by atoms with Crippen LogP contribution in [0.2, 0.25) is 0 Å². The van der Waals surface area contributed by atoms with Crippen LogP contribution in [0.3, 0.4) is 0 Å². The van der Waals surface area contributed by atoms with Gasteiger partial charge in [-0.25, -0.2) is 4.98 Å². The largest absolute Gasteiger partial charge is 0.434 e. The fourth-order valence-electron chi connectivity index (χ4n) is 3.10. The van der Waals surface area contributed by atoms with Gasteiger partial charge in [0.1, 0.15) is 0 Å². The Morgan fingerprint density at radius 2 is 2.03 bits per heavy atom. The second-order valence-corrected chi connectivity index (χ2v) is 7.73. The molecule has 0 bridgehead atoms. The molecule has 1 aromatic carbocycles. The zero-order chi connectivity index (χ0) is 20.1. The lowest BCUT2D eigenvalue weighted by atomic mass is 10.2. The van der Waals surface area contributed by atoms with Gasteiger partial charge in [-0.2, -0.15) is 13.2 Å². The molecule has 160 valence electrons. The predicted octanol–water partition coefficient (Wildman–Crippen LogP) is 4.07. The Morgan fingerprint density at radius 3 is 2.66 bits per heavy atom. The molecular weight excluding hydrogens is 514 g/mol. The lowest BCUT2D eigenvalue weighted by Crippen LogP contribution is -2.45. The number of aromatic nitrogens is 1. The fourth-order valence-corrected chi connectivity index (χ4v) is 3.90. The lowest BCUT2D eigenvalue weighted by Gasteiger charge is -2.20. The Kier molecular flexibility index (Phi) is 8.56. The molecule has 2 aromatic rings. The minimum atomic E-state index is -4.38. The lowest BCUT2D eigenvalue weighted by molar-refractivity contribution is -0.140. The highest BCUT2D eigenvalue weighted by Crippen LogP contribution is 2.30. The van der Waals surface area contributed by atoms with Crippen molar-refractivity contribution in [2.24, 2.45) is 4.99 Å². The van der Waals surface area contributed by atoms with Crippen molar-refractivity contribution in [1.29, 1.82) is 0 Å². The predicted molar refractivity (Wildman–Crippen MR) is 123 cm³/mol. The average Bonchev–Trinajstić information content (AvgIpc) is 3.31. The van der Waals surface area contributed by atoms with Crippen molar-refractivity contribution in [3.05, 3.63) is 45.9 Å². The van der Waals surface area contributed by atoms with Crippen molar-refractivity contribution >= 4 is 47.0 Å². The quantitative estimate of drug-likeness (QED) is 0.342. The molecule has 1 unspecified atom stereocenters. The van der Waals surface area contributed by atoms with Crippen LogP contribution < -0.4 is 15.5 Å².